The van der Waals surface area contributed by atoms with Gasteiger partial charge in [0.2, 0.25) is 0 Å². The summed E-state index contributed by atoms with van der Waals surface area (Å²) in [5.41, 5.74) is 0. The number of hydrogen-bond donors (Lipinski definition) is 1. The van der Waals surface area contributed by atoms with Crippen molar-refractivity contribution in [2.24, 2.45) is 0 Å². The van der Waals surface area contributed by atoms with Crippen molar-refractivity contribution < 1.29 is 9.90 Å². The molecular weight excluding hydrogens is 178 g/mol. The van der Waals surface area contributed by atoms with Gasteiger partial charge in [0.25, 0.3) is 0 Å². The molecule has 1 saturated carbocycles. The molecule has 0 spiro atoms. The van der Waals surface area contributed by atoms with Gasteiger partial charge in [-0.05, 0) is 25.8 Å². The van der Waals surface area contributed by atoms with E-state index in [1.54, 1.807) is 0 Å². The molecule has 1 fully saturated rings. The summed E-state index contributed by atoms with van der Waals surface area (Å²) < 4.78 is 0. The molecule has 82 valence electrons. The Morgan fingerprint density at radius 1 is 1.43 bits per heavy atom. The van der Waals surface area contributed by atoms with Crippen LogP contribution in [0.3, 0.4) is 0 Å². The highest BCUT2D eigenvalue weighted by Crippen LogP contribution is 2.26. The average Bonchev–Trinajstić information content (AvgIpc) is 2.99. The zero-order chi connectivity index (χ0) is 10.4. The van der Waals surface area contributed by atoms with E-state index >= 15 is 0 Å². The fourth-order valence-corrected chi connectivity index (χ4v) is 1.70. The first-order valence-corrected chi connectivity index (χ1v) is 5.64. The summed E-state index contributed by atoms with van der Waals surface area (Å²) >= 11 is 0. The molecule has 0 aromatic rings. The van der Waals surface area contributed by atoms with Crippen LogP contribution in [0.4, 0.5) is 0 Å². The smallest absolute Gasteiger partial charge is 0.132 e. The molecule has 3 heteroatoms. The summed E-state index contributed by atoms with van der Waals surface area (Å²) in [6, 6.07) is 0.693. The molecule has 0 aliphatic heterocycles. The molecule has 0 saturated heterocycles. The van der Waals surface area contributed by atoms with Crippen molar-refractivity contribution in [3.8, 4) is 0 Å². The van der Waals surface area contributed by atoms with Crippen molar-refractivity contribution in [2.75, 3.05) is 19.7 Å². The predicted octanol–water partition coefficient (Wildman–Crippen LogP) is 1.20. The van der Waals surface area contributed by atoms with Gasteiger partial charge in [0, 0.05) is 25.4 Å². The number of Topliss-reactive ketones (excluding diaryl/α,β-unsaturated/α-hetero) is 1. The molecule has 0 amide bonds. The van der Waals surface area contributed by atoms with Crippen LogP contribution in [0.2, 0.25) is 0 Å². The molecule has 1 aliphatic carbocycles. The van der Waals surface area contributed by atoms with Crippen LogP contribution in [-0.2, 0) is 4.79 Å². The van der Waals surface area contributed by atoms with Gasteiger partial charge in [-0.15, -0.1) is 0 Å². The number of carbonyl (C=O) groups is 1. The third-order valence-corrected chi connectivity index (χ3v) is 2.75. The van der Waals surface area contributed by atoms with E-state index in [-0.39, 0.29) is 6.61 Å². The van der Waals surface area contributed by atoms with E-state index in [0.29, 0.717) is 24.7 Å². The van der Waals surface area contributed by atoms with Gasteiger partial charge >= 0.3 is 0 Å². The lowest BCUT2D eigenvalue weighted by Gasteiger charge is -2.20. The molecule has 14 heavy (non-hydrogen) atoms. The van der Waals surface area contributed by atoms with Crippen LogP contribution in [0.25, 0.3) is 0 Å². The molecule has 0 atom stereocenters. The molecule has 1 aliphatic rings. The van der Waals surface area contributed by atoms with Gasteiger partial charge in [-0.1, -0.05) is 6.92 Å². The molecule has 0 radical (unpaired) electrons. The molecule has 1 N–H and O–H groups in total. The Hall–Kier alpha value is -0.410. The topological polar surface area (TPSA) is 40.5 Å². The number of aliphatic hydroxyl groups is 1. The Bertz CT molecular complexity index is 178. The largest absolute Gasteiger partial charge is 0.395 e. The first-order valence-electron chi connectivity index (χ1n) is 5.64. The van der Waals surface area contributed by atoms with Crippen molar-refractivity contribution in [3.05, 3.63) is 0 Å². The van der Waals surface area contributed by atoms with E-state index in [1.807, 2.05) is 6.92 Å². The van der Waals surface area contributed by atoms with Crippen LogP contribution in [0, 0.1) is 0 Å². The number of hydrogen-bond acceptors (Lipinski definition) is 3. The van der Waals surface area contributed by atoms with E-state index in [4.69, 9.17) is 5.11 Å². The van der Waals surface area contributed by atoms with Crippen LogP contribution in [0.15, 0.2) is 0 Å². The monoisotopic (exact) mass is 199 g/mol. The molecule has 0 aromatic heterocycles. The van der Waals surface area contributed by atoms with E-state index in [1.165, 1.54) is 12.8 Å². The van der Waals surface area contributed by atoms with Crippen molar-refractivity contribution in [2.45, 2.75) is 45.1 Å². The van der Waals surface area contributed by atoms with E-state index < -0.39 is 0 Å². The van der Waals surface area contributed by atoms with Gasteiger partial charge in [-0.25, -0.2) is 0 Å². The number of carbonyl (C=O) groups excluding carboxylic acids is 1. The summed E-state index contributed by atoms with van der Waals surface area (Å²) in [4.78, 5) is 13.4. The zero-order valence-electron chi connectivity index (χ0n) is 9.04. The van der Waals surface area contributed by atoms with E-state index in [2.05, 4.69) is 4.90 Å². The van der Waals surface area contributed by atoms with E-state index in [9.17, 15) is 4.79 Å². The van der Waals surface area contributed by atoms with Gasteiger partial charge in [-0.2, -0.15) is 0 Å². The first kappa shape index (κ1) is 11.7. The summed E-state index contributed by atoms with van der Waals surface area (Å²) in [7, 11) is 0. The lowest BCUT2D eigenvalue weighted by atomic mass is 10.2. The summed E-state index contributed by atoms with van der Waals surface area (Å²) in [6.07, 6.45) is 4.83. The van der Waals surface area contributed by atoms with Gasteiger partial charge in [0.1, 0.15) is 5.78 Å². The molecule has 0 aromatic carbocycles. The second kappa shape index (κ2) is 6.14. The molecule has 0 unspecified atom stereocenters. The highest BCUT2D eigenvalue weighted by atomic mass is 16.3. The van der Waals surface area contributed by atoms with Crippen LogP contribution in [0.5, 0.6) is 0 Å². The summed E-state index contributed by atoms with van der Waals surface area (Å²) in [5, 5.41) is 8.86. The Morgan fingerprint density at radius 2 is 2.14 bits per heavy atom. The summed E-state index contributed by atoms with van der Waals surface area (Å²) in [6.45, 7) is 3.88. The SMILES string of the molecule is CCC(=O)CCCN(CCO)C1CC1. The Labute approximate surface area is 86.1 Å². The lowest BCUT2D eigenvalue weighted by molar-refractivity contribution is -0.118. The minimum Gasteiger partial charge on any atom is -0.395 e. The maximum atomic E-state index is 11.1. The lowest BCUT2D eigenvalue weighted by Crippen LogP contribution is -2.30. The molecule has 3 nitrogen and oxygen atoms in total. The third kappa shape index (κ3) is 4.20. The maximum absolute atomic E-state index is 11.1. The molecular formula is C11H21NO2. The van der Waals surface area contributed by atoms with Crippen molar-refractivity contribution in [1.29, 1.82) is 0 Å². The number of aliphatic hydroxyl groups excluding tert-OH is 1. The second-order valence-electron chi connectivity index (χ2n) is 3.99. The van der Waals surface area contributed by atoms with E-state index in [0.717, 1.165) is 19.5 Å². The van der Waals surface area contributed by atoms with Crippen LogP contribution in [-0.4, -0.2) is 41.5 Å². The van der Waals surface area contributed by atoms with Gasteiger partial charge in [0.05, 0.1) is 6.61 Å². The van der Waals surface area contributed by atoms with Gasteiger partial charge in [-0.3, -0.25) is 9.69 Å². The normalized spacial score (nSPS) is 16.2. The van der Waals surface area contributed by atoms with Crippen molar-refractivity contribution >= 4 is 5.78 Å². The van der Waals surface area contributed by atoms with Gasteiger partial charge in [0.15, 0.2) is 0 Å². The Kier molecular flexibility index (Phi) is 5.12. The quantitative estimate of drug-likeness (QED) is 0.638. The highest BCUT2D eigenvalue weighted by molar-refractivity contribution is 5.77. The fraction of sp³-hybridized carbons (Fsp3) is 0.909. The second-order valence-corrected chi connectivity index (χ2v) is 3.99. The van der Waals surface area contributed by atoms with Crippen molar-refractivity contribution in [1.82, 2.24) is 4.90 Å². The number of rotatable bonds is 8. The van der Waals surface area contributed by atoms with Crippen LogP contribution in [0.1, 0.15) is 39.0 Å². The standard InChI is InChI=1S/C11H21NO2/c1-2-11(14)4-3-7-12(8-9-13)10-5-6-10/h10,13H,2-9H2,1H3. The number of nitrogens with zero attached hydrogens (tertiary/aromatic N) is 1. The third-order valence-electron chi connectivity index (χ3n) is 2.75. The Balaban J connectivity index is 2.10. The zero-order valence-corrected chi connectivity index (χ0v) is 9.04. The molecule has 0 heterocycles. The molecule has 1 rings (SSSR count). The maximum Gasteiger partial charge on any atom is 0.132 e. The van der Waals surface area contributed by atoms with Crippen molar-refractivity contribution in [3.63, 3.8) is 0 Å². The van der Waals surface area contributed by atoms with Crippen LogP contribution >= 0.6 is 0 Å². The van der Waals surface area contributed by atoms with Crippen LogP contribution < -0.4 is 0 Å². The fourth-order valence-electron chi connectivity index (χ4n) is 1.70. The highest BCUT2D eigenvalue weighted by Gasteiger charge is 2.27. The Morgan fingerprint density at radius 3 is 2.64 bits per heavy atom. The summed E-state index contributed by atoms with van der Waals surface area (Å²) in [5.74, 6) is 0.352. The molecule has 0 bridgehead atoms. The minimum absolute atomic E-state index is 0.234. The number of ketones is 1. The first-order chi connectivity index (χ1) is 6.77. The minimum atomic E-state index is 0.234. The average molecular weight is 199 g/mol. The predicted molar refractivity (Wildman–Crippen MR) is 56.2 cm³/mol. The van der Waals surface area contributed by atoms with Gasteiger partial charge < -0.3 is 5.11 Å².